The zero-order valence-corrected chi connectivity index (χ0v) is 18.8. The quantitative estimate of drug-likeness (QED) is 0.206. The number of aliphatic hydroxyl groups excluding tert-OH is 1. The fourth-order valence-electron chi connectivity index (χ4n) is 3.76. The third-order valence-corrected chi connectivity index (χ3v) is 6.15. The van der Waals surface area contributed by atoms with E-state index in [1.54, 1.807) is 29.8 Å². The van der Waals surface area contributed by atoms with Crippen molar-refractivity contribution in [1.82, 2.24) is 4.98 Å². The summed E-state index contributed by atoms with van der Waals surface area (Å²) in [4.78, 5) is 31.6. The van der Waals surface area contributed by atoms with Crippen LogP contribution in [0.25, 0.3) is 5.76 Å². The number of amides is 1. The van der Waals surface area contributed by atoms with Gasteiger partial charge in [0.1, 0.15) is 17.3 Å². The normalized spacial score (nSPS) is 17.5. The van der Waals surface area contributed by atoms with Crippen LogP contribution in [0.5, 0.6) is 5.75 Å². The molecule has 2 heterocycles. The molecule has 0 saturated carbocycles. The molecule has 33 heavy (non-hydrogen) atoms. The lowest BCUT2D eigenvalue weighted by Crippen LogP contribution is -2.29. The van der Waals surface area contributed by atoms with Gasteiger partial charge >= 0.3 is 5.91 Å². The summed E-state index contributed by atoms with van der Waals surface area (Å²) >= 11 is 1.22. The molecule has 4 rings (SSSR count). The van der Waals surface area contributed by atoms with E-state index in [0.717, 1.165) is 19.3 Å². The first-order valence-corrected chi connectivity index (χ1v) is 11.6. The molecule has 1 N–H and O–H groups in total. The second kappa shape index (κ2) is 9.95. The number of ketones is 1. The number of carbonyl (C=O) groups excluding carboxylic acids is 2. The van der Waals surface area contributed by atoms with E-state index in [9.17, 15) is 19.1 Å². The van der Waals surface area contributed by atoms with Crippen LogP contribution >= 0.6 is 11.3 Å². The van der Waals surface area contributed by atoms with E-state index in [4.69, 9.17) is 4.74 Å². The van der Waals surface area contributed by atoms with E-state index in [2.05, 4.69) is 11.9 Å². The number of halogens is 1. The summed E-state index contributed by atoms with van der Waals surface area (Å²) < 4.78 is 19.3. The van der Waals surface area contributed by atoms with Gasteiger partial charge in [-0.25, -0.2) is 9.37 Å². The molecule has 1 aliphatic heterocycles. The summed E-state index contributed by atoms with van der Waals surface area (Å²) in [7, 11) is 0. The van der Waals surface area contributed by atoms with Gasteiger partial charge in [0.15, 0.2) is 5.13 Å². The molecule has 3 aromatic rings. The molecule has 170 valence electrons. The molecule has 8 heteroatoms. The van der Waals surface area contributed by atoms with Crippen molar-refractivity contribution in [3.63, 3.8) is 0 Å². The first-order valence-electron chi connectivity index (χ1n) is 10.7. The van der Waals surface area contributed by atoms with Gasteiger partial charge in [-0.2, -0.15) is 0 Å². The van der Waals surface area contributed by atoms with Crippen LogP contribution in [-0.4, -0.2) is 28.4 Å². The Morgan fingerprint density at radius 3 is 2.67 bits per heavy atom. The van der Waals surface area contributed by atoms with Gasteiger partial charge < -0.3 is 9.84 Å². The molecule has 1 amide bonds. The van der Waals surface area contributed by atoms with E-state index in [0.29, 0.717) is 23.1 Å². The van der Waals surface area contributed by atoms with Crippen LogP contribution in [0.4, 0.5) is 9.52 Å². The number of unbranched alkanes of at least 4 members (excludes halogenated alkanes) is 2. The van der Waals surface area contributed by atoms with Crippen LogP contribution in [0.3, 0.4) is 0 Å². The third-order valence-electron chi connectivity index (χ3n) is 5.38. The van der Waals surface area contributed by atoms with Crippen molar-refractivity contribution in [1.29, 1.82) is 0 Å². The van der Waals surface area contributed by atoms with E-state index in [1.165, 1.54) is 40.5 Å². The predicted molar refractivity (Wildman–Crippen MR) is 125 cm³/mol. The Morgan fingerprint density at radius 1 is 1.18 bits per heavy atom. The standard InChI is InChI=1S/C25H23FN2O4S/c1-2-3-4-13-32-19-7-5-6-17(15-19)21-20(22(29)16-8-10-18(26)11-9-16)23(30)24(31)28(21)25-27-12-14-33-25/h5-12,14-15,21,29H,2-4,13H2,1H3. The van der Waals surface area contributed by atoms with Gasteiger partial charge in [0, 0.05) is 17.1 Å². The lowest BCUT2D eigenvalue weighted by Gasteiger charge is -2.23. The van der Waals surface area contributed by atoms with Gasteiger partial charge in [-0.05, 0) is 48.4 Å². The molecule has 6 nitrogen and oxygen atoms in total. The molecule has 1 aliphatic rings. The van der Waals surface area contributed by atoms with Gasteiger partial charge in [-0.3, -0.25) is 14.5 Å². The average Bonchev–Trinajstić information content (AvgIpc) is 3.44. The number of Topliss-reactive ketones (excluding diaryl/α,β-unsaturated/α-hetero) is 1. The summed E-state index contributed by atoms with van der Waals surface area (Å²) in [6.45, 7) is 2.67. The van der Waals surface area contributed by atoms with Gasteiger partial charge in [0.2, 0.25) is 0 Å². The Bertz CT molecular complexity index is 1180. The van der Waals surface area contributed by atoms with Gasteiger partial charge in [0.25, 0.3) is 5.78 Å². The number of benzene rings is 2. The number of hydrogen-bond acceptors (Lipinski definition) is 6. The van der Waals surface area contributed by atoms with Crippen LogP contribution in [0.1, 0.15) is 43.4 Å². The SMILES string of the molecule is CCCCCOc1cccc(C2C(=C(O)c3ccc(F)cc3)C(=O)C(=O)N2c2nccs2)c1. The Hall–Kier alpha value is -3.52. The van der Waals surface area contributed by atoms with Crippen LogP contribution in [0.2, 0.25) is 0 Å². The molecule has 1 atom stereocenters. The number of aliphatic hydroxyl groups is 1. The monoisotopic (exact) mass is 466 g/mol. The van der Waals surface area contributed by atoms with Crippen LogP contribution in [0, 0.1) is 5.82 Å². The number of thiazole rings is 1. The molecule has 1 fully saturated rings. The maximum atomic E-state index is 13.4. The van der Waals surface area contributed by atoms with Gasteiger partial charge in [-0.15, -0.1) is 11.3 Å². The maximum Gasteiger partial charge on any atom is 0.301 e. The molecule has 2 aromatic carbocycles. The van der Waals surface area contributed by atoms with Crippen molar-refractivity contribution in [2.24, 2.45) is 0 Å². The largest absolute Gasteiger partial charge is 0.507 e. The molecule has 1 aromatic heterocycles. The maximum absolute atomic E-state index is 13.4. The highest BCUT2D eigenvalue weighted by atomic mass is 32.1. The Morgan fingerprint density at radius 2 is 1.97 bits per heavy atom. The molecular formula is C25H23FN2O4S. The summed E-state index contributed by atoms with van der Waals surface area (Å²) in [5.41, 5.74) is 0.761. The van der Waals surface area contributed by atoms with E-state index in [1.807, 2.05) is 6.07 Å². The minimum atomic E-state index is -0.902. The second-order valence-corrected chi connectivity index (χ2v) is 8.49. The Kier molecular flexibility index (Phi) is 6.84. The third kappa shape index (κ3) is 4.66. The number of rotatable bonds is 8. The van der Waals surface area contributed by atoms with Crippen molar-refractivity contribution < 1.29 is 23.8 Å². The minimum absolute atomic E-state index is 0.0788. The highest BCUT2D eigenvalue weighted by Gasteiger charge is 2.48. The Balaban J connectivity index is 1.80. The van der Waals surface area contributed by atoms with Crippen molar-refractivity contribution in [3.05, 3.63) is 82.6 Å². The zero-order chi connectivity index (χ0) is 23.4. The van der Waals surface area contributed by atoms with E-state index in [-0.39, 0.29) is 16.9 Å². The summed E-state index contributed by atoms with van der Waals surface area (Å²) in [6.07, 6.45) is 4.60. The summed E-state index contributed by atoms with van der Waals surface area (Å²) in [5, 5.41) is 13.1. The van der Waals surface area contributed by atoms with Crippen molar-refractivity contribution >= 4 is 33.9 Å². The number of hydrogen-bond donors (Lipinski definition) is 1. The highest BCUT2D eigenvalue weighted by molar-refractivity contribution is 7.14. The summed E-state index contributed by atoms with van der Waals surface area (Å²) in [5.74, 6) is -1.85. The lowest BCUT2D eigenvalue weighted by atomic mass is 9.95. The molecule has 0 aliphatic carbocycles. The smallest absolute Gasteiger partial charge is 0.301 e. The van der Waals surface area contributed by atoms with E-state index >= 15 is 0 Å². The fourth-order valence-corrected chi connectivity index (χ4v) is 4.43. The molecule has 1 saturated heterocycles. The van der Waals surface area contributed by atoms with Crippen molar-refractivity contribution in [3.8, 4) is 5.75 Å². The average molecular weight is 467 g/mol. The van der Waals surface area contributed by atoms with Gasteiger partial charge in [0.05, 0.1) is 18.2 Å². The number of anilines is 1. The fraction of sp³-hybridized carbons (Fsp3) is 0.240. The number of ether oxygens (including phenoxy) is 1. The first-order chi connectivity index (χ1) is 16.0. The van der Waals surface area contributed by atoms with Crippen LogP contribution in [-0.2, 0) is 9.59 Å². The van der Waals surface area contributed by atoms with E-state index < -0.39 is 23.5 Å². The highest BCUT2D eigenvalue weighted by Crippen LogP contribution is 2.43. The molecule has 0 bridgehead atoms. The van der Waals surface area contributed by atoms with Gasteiger partial charge in [-0.1, -0.05) is 31.9 Å². The molecular weight excluding hydrogens is 443 g/mol. The molecule has 0 radical (unpaired) electrons. The number of carbonyl (C=O) groups is 2. The zero-order valence-electron chi connectivity index (χ0n) is 18.0. The van der Waals surface area contributed by atoms with Crippen molar-refractivity contribution in [2.45, 2.75) is 32.2 Å². The van der Waals surface area contributed by atoms with Crippen molar-refractivity contribution in [2.75, 3.05) is 11.5 Å². The van der Waals surface area contributed by atoms with Crippen LogP contribution in [0.15, 0.2) is 65.7 Å². The van der Waals surface area contributed by atoms with Crippen LogP contribution < -0.4 is 9.64 Å². The predicted octanol–water partition coefficient (Wildman–Crippen LogP) is 5.48. The molecule has 0 spiro atoms. The Labute approximate surface area is 195 Å². The second-order valence-electron chi connectivity index (χ2n) is 7.62. The first kappa shape index (κ1) is 22.7. The number of aromatic nitrogens is 1. The summed E-state index contributed by atoms with van der Waals surface area (Å²) in [6, 6.07) is 11.3. The minimum Gasteiger partial charge on any atom is -0.507 e. The number of nitrogens with zero attached hydrogens (tertiary/aromatic N) is 2. The lowest BCUT2D eigenvalue weighted by molar-refractivity contribution is -0.132. The molecule has 1 unspecified atom stereocenters. The topological polar surface area (TPSA) is 79.7 Å².